The van der Waals surface area contributed by atoms with E-state index in [2.05, 4.69) is 70.5 Å². The first kappa shape index (κ1) is 39.3. The number of nitrogens with zero attached hydrogens (tertiary/aromatic N) is 1. The molecule has 3 N–H and O–H groups in total. The zero-order chi connectivity index (χ0) is 38.4. The minimum atomic E-state index is -2.88. The van der Waals surface area contributed by atoms with Gasteiger partial charge in [0, 0.05) is 31.7 Å². The fourth-order valence-electron chi connectivity index (χ4n) is 14.9. The minimum absolute atomic E-state index is 0.0470. The third-order valence-electron chi connectivity index (χ3n) is 17.9. The fraction of sp³-hybridized carbons (Fsp3) is 0.818. The van der Waals surface area contributed by atoms with Crippen molar-refractivity contribution in [2.24, 2.45) is 56.7 Å². The quantitative estimate of drug-likeness (QED) is 0.203. The summed E-state index contributed by atoms with van der Waals surface area (Å²) < 4.78 is 24.1. The Morgan fingerprint density at radius 3 is 2.23 bits per heavy atom. The van der Waals surface area contributed by atoms with Crippen molar-refractivity contribution in [2.75, 3.05) is 37.7 Å². The second-order valence-electron chi connectivity index (χ2n) is 20.4. The number of sulfone groups is 1. The molecule has 5 fully saturated rings. The normalized spacial score (nSPS) is 44.7. The number of carboxylic acid groups (broad SMARTS) is 2. The van der Waals surface area contributed by atoms with Crippen molar-refractivity contribution in [3.63, 3.8) is 0 Å². The summed E-state index contributed by atoms with van der Waals surface area (Å²) in [4.78, 5) is 26.2. The highest BCUT2D eigenvalue weighted by molar-refractivity contribution is 7.91. The first-order valence-corrected chi connectivity index (χ1v) is 22.7. The summed E-state index contributed by atoms with van der Waals surface area (Å²) in [5.74, 6) is 1.46. The molecule has 7 aliphatic rings. The molecule has 0 radical (unpaired) electrons. The van der Waals surface area contributed by atoms with Gasteiger partial charge in [-0.2, -0.15) is 0 Å². The Morgan fingerprint density at radius 1 is 0.887 bits per heavy atom. The van der Waals surface area contributed by atoms with Crippen molar-refractivity contribution in [2.45, 2.75) is 131 Å². The Bertz CT molecular complexity index is 1690. The number of nitrogens with one attached hydrogen (secondary N) is 1. The van der Waals surface area contributed by atoms with Gasteiger partial charge >= 0.3 is 11.9 Å². The van der Waals surface area contributed by atoms with Gasteiger partial charge in [-0.1, -0.05) is 58.9 Å². The summed E-state index contributed by atoms with van der Waals surface area (Å²) in [6.07, 6.45) is 16.5. The molecule has 6 aliphatic carbocycles. The number of hydrogen-bond donors (Lipinski definition) is 3. The molecule has 0 aromatic heterocycles. The van der Waals surface area contributed by atoms with Crippen LogP contribution in [0, 0.1) is 56.7 Å². The van der Waals surface area contributed by atoms with Gasteiger partial charge in [0.05, 0.1) is 23.3 Å². The minimum Gasteiger partial charge on any atom is -0.481 e. The van der Waals surface area contributed by atoms with Gasteiger partial charge < -0.3 is 20.4 Å². The van der Waals surface area contributed by atoms with E-state index in [9.17, 15) is 28.2 Å². The van der Waals surface area contributed by atoms with Crippen LogP contribution in [0.2, 0.25) is 0 Å². The van der Waals surface area contributed by atoms with Crippen molar-refractivity contribution in [1.29, 1.82) is 0 Å². The van der Waals surface area contributed by atoms with Gasteiger partial charge in [-0.05, 0) is 146 Å². The molecule has 0 aromatic rings. The predicted octanol–water partition coefficient (Wildman–Crippen LogP) is 7.91. The van der Waals surface area contributed by atoms with Crippen LogP contribution in [-0.4, -0.2) is 78.7 Å². The highest BCUT2D eigenvalue weighted by Gasteiger charge is 2.70. The monoisotopic (exact) mass is 752 g/mol. The molecule has 1 unspecified atom stereocenters. The van der Waals surface area contributed by atoms with E-state index in [0.29, 0.717) is 55.5 Å². The number of fused-ring (bicyclic) bond motifs is 7. The van der Waals surface area contributed by atoms with E-state index < -0.39 is 27.2 Å². The van der Waals surface area contributed by atoms with Crippen LogP contribution in [0.15, 0.2) is 35.5 Å². The molecule has 296 valence electrons. The molecule has 0 amide bonds. The Labute approximate surface area is 319 Å². The second-order valence-corrected chi connectivity index (χ2v) is 22.7. The maximum absolute atomic E-state index is 12.3. The van der Waals surface area contributed by atoms with Gasteiger partial charge in [-0.3, -0.25) is 9.59 Å². The lowest BCUT2D eigenvalue weighted by molar-refractivity contribution is -0.221. The lowest BCUT2D eigenvalue weighted by atomic mass is 9.33. The van der Waals surface area contributed by atoms with Crippen LogP contribution in [0.1, 0.15) is 125 Å². The lowest BCUT2D eigenvalue weighted by Gasteiger charge is -2.72. The number of carbonyl (C=O) groups is 2. The zero-order valence-corrected chi connectivity index (χ0v) is 34.4. The van der Waals surface area contributed by atoms with Crippen molar-refractivity contribution < 1.29 is 28.2 Å². The third kappa shape index (κ3) is 6.15. The Balaban J connectivity index is 1.13. The molecule has 8 nitrogen and oxygen atoms in total. The molecular formula is C44H68N2O6S. The van der Waals surface area contributed by atoms with Crippen molar-refractivity contribution in [3.05, 3.63) is 35.5 Å². The van der Waals surface area contributed by atoms with Crippen LogP contribution < -0.4 is 5.32 Å². The molecule has 1 aliphatic heterocycles. The molecule has 10 atom stereocenters. The molecule has 9 heteroatoms. The lowest BCUT2D eigenvalue weighted by Crippen LogP contribution is -2.68. The number of rotatable bonds is 9. The molecular weight excluding hydrogens is 685 g/mol. The predicted molar refractivity (Wildman–Crippen MR) is 210 cm³/mol. The molecule has 4 saturated carbocycles. The van der Waals surface area contributed by atoms with Crippen LogP contribution in [-0.2, 0) is 19.4 Å². The second kappa shape index (κ2) is 13.3. The van der Waals surface area contributed by atoms with Crippen molar-refractivity contribution >= 4 is 21.8 Å². The van der Waals surface area contributed by atoms with Crippen LogP contribution in [0.4, 0.5) is 0 Å². The Hall–Kier alpha value is -1.97. The first-order chi connectivity index (χ1) is 24.7. The standard InChI is InChI=1S/C44H68N2O6S/c1-29(2)31-12-19-44(45-22-23-46-24-26-53(51,52)27-25-46)21-20-41(6)33(37(31)44)8-9-35-40(5)15-13-32(39(3,4)34(40)14-16-42(35,41)7)30-10-17-43(18-11-30,38(49)50)28-36(47)48/h10,13,31,33-35,37,45H,1,8-9,11-12,14-28H2,2-7H3,(H,47,48)(H,49,50)/t31-,33+,34-,35+,37+,40-,41+,42+,43?,44-/m0/s1. The molecule has 1 heterocycles. The summed E-state index contributed by atoms with van der Waals surface area (Å²) in [5, 5.41) is 23.7. The summed E-state index contributed by atoms with van der Waals surface area (Å²) in [5.41, 5.74) is 3.49. The summed E-state index contributed by atoms with van der Waals surface area (Å²) in [6.45, 7) is 22.8. The van der Waals surface area contributed by atoms with Crippen LogP contribution in [0.5, 0.6) is 0 Å². The highest BCUT2D eigenvalue weighted by Crippen LogP contribution is 2.76. The molecule has 7 rings (SSSR count). The van der Waals surface area contributed by atoms with Gasteiger partial charge in [-0.25, -0.2) is 8.42 Å². The van der Waals surface area contributed by atoms with Gasteiger partial charge in [-0.15, -0.1) is 0 Å². The Morgan fingerprint density at radius 2 is 1.60 bits per heavy atom. The molecule has 1 saturated heterocycles. The average Bonchev–Trinajstić information content (AvgIpc) is 3.46. The van der Waals surface area contributed by atoms with Crippen molar-refractivity contribution in [1.82, 2.24) is 10.2 Å². The van der Waals surface area contributed by atoms with Gasteiger partial charge in [0.1, 0.15) is 0 Å². The number of aliphatic carboxylic acids is 2. The topological polar surface area (TPSA) is 124 Å². The average molecular weight is 753 g/mol. The van der Waals surface area contributed by atoms with E-state index >= 15 is 0 Å². The molecule has 0 spiro atoms. The number of hydrogen-bond acceptors (Lipinski definition) is 6. The Kier molecular flexibility index (Phi) is 9.87. The summed E-state index contributed by atoms with van der Waals surface area (Å²) >= 11 is 0. The third-order valence-corrected chi connectivity index (χ3v) is 19.5. The highest BCUT2D eigenvalue weighted by atomic mass is 32.2. The first-order valence-electron chi connectivity index (χ1n) is 20.9. The maximum atomic E-state index is 12.3. The van der Waals surface area contributed by atoms with E-state index in [-0.39, 0.29) is 51.5 Å². The smallest absolute Gasteiger partial charge is 0.310 e. The van der Waals surface area contributed by atoms with E-state index in [1.807, 2.05) is 0 Å². The van der Waals surface area contributed by atoms with Gasteiger partial charge in [0.2, 0.25) is 0 Å². The SMILES string of the molecule is C=C(C)[C@@H]1CC[C@]2(NCCN3CCS(=O)(=O)CC3)CC[C@]3(C)[C@H](CC[C@@H]4[C@@]5(C)CC=C(C6=CCC(CC(=O)O)(C(=O)O)CC6)C(C)(C)[C@@H]5CC[C@]43C)[C@@H]12. The van der Waals surface area contributed by atoms with E-state index in [1.165, 1.54) is 68.1 Å². The van der Waals surface area contributed by atoms with E-state index in [0.717, 1.165) is 19.5 Å². The maximum Gasteiger partial charge on any atom is 0.310 e. The van der Waals surface area contributed by atoms with Crippen LogP contribution in [0.25, 0.3) is 0 Å². The van der Waals surface area contributed by atoms with Crippen LogP contribution >= 0.6 is 0 Å². The largest absolute Gasteiger partial charge is 0.481 e. The van der Waals surface area contributed by atoms with E-state index in [4.69, 9.17) is 0 Å². The fourth-order valence-corrected chi connectivity index (χ4v) is 16.2. The van der Waals surface area contributed by atoms with Gasteiger partial charge in [0.15, 0.2) is 9.84 Å². The van der Waals surface area contributed by atoms with Crippen molar-refractivity contribution in [3.8, 4) is 0 Å². The molecule has 0 aromatic carbocycles. The molecule has 0 bridgehead atoms. The molecule has 53 heavy (non-hydrogen) atoms. The number of allylic oxidation sites excluding steroid dienone is 5. The number of carboxylic acids is 2. The van der Waals surface area contributed by atoms with Crippen LogP contribution in [0.3, 0.4) is 0 Å². The summed E-state index contributed by atoms with van der Waals surface area (Å²) in [6, 6.07) is 0. The zero-order valence-electron chi connectivity index (χ0n) is 33.6. The summed E-state index contributed by atoms with van der Waals surface area (Å²) in [7, 11) is -2.88. The van der Waals surface area contributed by atoms with Gasteiger partial charge in [0.25, 0.3) is 0 Å². The van der Waals surface area contributed by atoms with E-state index in [1.54, 1.807) is 0 Å².